The van der Waals surface area contributed by atoms with Gasteiger partial charge in [-0.2, -0.15) is 0 Å². The van der Waals surface area contributed by atoms with Gasteiger partial charge in [-0.15, -0.1) is 0 Å². The number of piperidine rings is 1. The fraction of sp³-hybridized carbons (Fsp3) is 0.471. The number of benzene rings is 1. The summed E-state index contributed by atoms with van der Waals surface area (Å²) in [7, 11) is 0. The molecule has 1 aromatic rings. The van der Waals surface area contributed by atoms with Crippen molar-refractivity contribution in [2.45, 2.75) is 27.2 Å². The van der Waals surface area contributed by atoms with Crippen molar-refractivity contribution in [3.05, 3.63) is 23.8 Å². The zero-order chi connectivity index (χ0) is 17.9. The van der Waals surface area contributed by atoms with E-state index in [0.29, 0.717) is 24.3 Å². The standard InChI is InChI=1S/C17H23N3O4/c1-10-6-13(16(22)23)9-20(8-10)17(24)19-14-5-4-11(2)15(7-14)18-12(3)21/h4-5,7,10,13H,6,8-9H2,1-3H3,(H,18,21)(H,19,24)(H,22,23). The van der Waals surface area contributed by atoms with Crippen LogP contribution in [-0.2, 0) is 9.59 Å². The van der Waals surface area contributed by atoms with Gasteiger partial charge in [-0.1, -0.05) is 13.0 Å². The van der Waals surface area contributed by atoms with Crippen LogP contribution in [0, 0.1) is 18.8 Å². The Morgan fingerprint density at radius 1 is 1.21 bits per heavy atom. The van der Waals surface area contributed by atoms with Crippen molar-refractivity contribution >= 4 is 29.3 Å². The summed E-state index contributed by atoms with van der Waals surface area (Å²) in [6, 6.07) is 4.92. The average Bonchev–Trinajstić information content (AvgIpc) is 2.49. The lowest BCUT2D eigenvalue weighted by atomic mass is 9.91. The van der Waals surface area contributed by atoms with Gasteiger partial charge in [0.1, 0.15) is 0 Å². The third kappa shape index (κ3) is 4.47. The van der Waals surface area contributed by atoms with E-state index in [1.54, 1.807) is 18.2 Å². The van der Waals surface area contributed by atoms with Crippen LogP contribution < -0.4 is 10.6 Å². The average molecular weight is 333 g/mol. The van der Waals surface area contributed by atoms with Gasteiger partial charge in [-0.3, -0.25) is 9.59 Å². The number of carboxylic acid groups (broad SMARTS) is 1. The zero-order valence-electron chi connectivity index (χ0n) is 14.1. The Labute approximate surface area is 141 Å². The minimum Gasteiger partial charge on any atom is -0.481 e. The number of aryl methyl sites for hydroxylation is 1. The SMILES string of the molecule is CC(=O)Nc1cc(NC(=O)N2CC(C)CC(C(=O)O)C2)ccc1C. The highest BCUT2D eigenvalue weighted by Gasteiger charge is 2.31. The molecule has 0 aliphatic carbocycles. The van der Waals surface area contributed by atoms with E-state index in [4.69, 9.17) is 0 Å². The maximum absolute atomic E-state index is 12.4. The summed E-state index contributed by atoms with van der Waals surface area (Å²) in [5.74, 6) is -1.45. The highest BCUT2D eigenvalue weighted by molar-refractivity contribution is 5.93. The summed E-state index contributed by atoms with van der Waals surface area (Å²) in [6.07, 6.45) is 0.580. The molecule has 1 aromatic carbocycles. The first-order valence-corrected chi connectivity index (χ1v) is 7.93. The van der Waals surface area contributed by atoms with Crippen LogP contribution in [0.4, 0.5) is 16.2 Å². The van der Waals surface area contributed by atoms with Crippen molar-refractivity contribution in [3.63, 3.8) is 0 Å². The second kappa shape index (κ2) is 7.33. The van der Waals surface area contributed by atoms with Gasteiger partial charge in [0.25, 0.3) is 0 Å². The van der Waals surface area contributed by atoms with E-state index >= 15 is 0 Å². The van der Waals surface area contributed by atoms with E-state index in [-0.39, 0.29) is 24.4 Å². The third-order valence-electron chi connectivity index (χ3n) is 4.10. The van der Waals surface area contributed by atoms with E-state index in [9.17, 15) is 19.5 Å². The molecule has 24 heavy (non-hydrogen) atoms. The number of nitrogens with one attached hydrogen (secondary N) is 2. The summed E-state index contributed by atoms with van der Waals surface area (Å²) < 4.78 is 0. The molecule has 0 spiro atoms. The fourth-order valence-electron chi connectivity index (χ4n) is 2.92. The van der Waals surface area contributed by atoms with Gasteiger partial charge >= 0.3 is 12.0 Å². The minimum absolute atomic E-state index is 0.138. The van der Waals surface area contributed by atoms with Gasteiger partial charge in [0.15, 0.2) is 0 Å². The lowest BCUT2D eigenvalue weighted by Crippen LogP contribution is -2.47. The second-order valence-electron chi connectivity index (χ2n) is 6.42. The molecule has 0 aromatic heterocycles. The number of carbonyl (C=O) groups excluding carboxylic acids is 2. The van der Waals surface area contributed by atoms with Crippen LogP contribution in [0.25, 0.3) is 0 Å². The third-order valence-corrected chi connectivity index (χ3v) is 4.10. The number of aliphatic carboxylic acids is 1. The summed E-state index contributed by atoms with van der Waals surface area (Å²) in [4.78, 5) is 36.4. The van der Waals surface area contributed by atoms with Gasteiger partial charge in [-0.05, 0) is 37.0 Å². The number of anilines is 2. The first kappa shape index (κ1) is 17.8. The molecular formula is C17H23N3O4. The molecule has 0 radical (unpaired) electrons. The van der Waals surface area contributed by atoms with Gasteiger partial charge in [0, 0.05) is 31.4 Å². The highest BCUT2D eigenvalue weighted by atomic mass is 16.4. The Balaban J connectivity index is 2.08. The monoisotopic (exact) mass is 333 g/mol. The molecule has 1 aliphatic rings. The summed E-state index contributed by atoms with van der Waals surface area (Å²) in [6.45, 7) is 5.96. The molecule has 0 bridgehead atoms. The van der Waals surface area contributed by atoms with Crippen LogP contribution in [0.1, 0.15) is 25.8 Å². The van der Waals surface area contributed by atoms with Crippen molar-refractivity contribution in [2.75, 3.05) is 23.7 Å². The number of amides is 3. The number of urea groups is 1. The topological polar surface area (TPSA) is 98.7 Å². The van der Waals surface area contributed by atoms with E-state index in [1.165, 1.54) is 11.8 Å². The Bertz CT molecular complexity index is 659. The van der Waals surface area contributed by atoms with Crippen LogP contribution in [0.5, 0.6) is 0 Å². The summed E-state index contributed by atoms with van der Waals surface area (Å²) in [5, 5.41) is 14.7. The number of hydrogen-bond acceptors (Lipinski definition) is 3. The van der Waals surface area contributed by atoms with Crippen LogP contribution in [0.2, 0.25) is 0 Å². The van der Waals surface area contributed by atoms with Crippen LogP contribution in [0.3, 0.4) is 0 Å². The Kier molecular flexibility index (Phi) is 5.43. The number of nitrogens with zero attached hydrogens (tertiary/aromatic N) is 1. The number of likely N-dealkylation sites (tertiary alicyclic amines) is 1. The first-order valence-electron chi connectivity index (χ1n) is 7.93. The van der Waals surface area contributed by atoms with Gasteiger partial charge in [-0.25, -0.2) is 4.79 Å². The largest absolute Gasteiger partial charge is 0.481 e. The molecule has 3 N–H and O–H groups in total. The number of rotatable bonds is 3. The maximum atomic E-state index is 12.4. The van der Waals surface area contributed by atoms with E-state index in [2.05, 4.69) is 10.6 Å². The van der Waals surface area contributed by atoms with Crippen molar-refractivity contribution in [2.24, 2.45) is 11.8 Å². The van der Waals surface area contributed by atoms with E-state index in [0.717, 1.165) is 5.56 Å². The number of carbonyl (C=O) groups is 3. The van der Waals surface area contributed by atoms with E-state index in [1.807, 2.05) is 13.8 Å². The van der Waals surface area contributed by atoms with Gasteiger partial charge < -0.3 is 20.6 Å². The minimum atomic E-state index is -0.873. The molecule has 2 rings (SSSR count). The maximum Gasteiger partial charge on any atom is 0.321 e. The molecule has 3 amide bonds. The smallest absolute Gasteiger partial charge is 0.321 e. The predicted molar refractivity (Wildman–Crippen MR) is 91.0 cm³/mol. The normalized spacial score (nSPS) is 20.4. The lowest BCUT2D eigenvalue weighted by molar-refractivity contribution is -0.143. The van der Waals surface area contributed by atoms with Crippen LogP contribution in [0.15, 0.2) is 18.2 Å². The number of hydrogen-bond donors (Lipinski definition) is 3. The molecule has 1 heterocycles. The van der Waals surface area contributed by atoms with Crippen molar-refractivity contribution in [3.8, 4) is 0 Å². The van der Waals surface area contributed by atoms with Gasteiger partial charge in [0.2, 0.25) is 5.91 Å². The van der Waals surface area contributed by atoms with E-state index < -0.39 is 11.9 Å². The highest BCUT2D eigenvalue weighted by Crippen LogP contribution is 2.24. The quantitative estimate of drug-likeness (QED) is 0.791. The predicted octanol–water partition coefficient (Wildman–Crippen LogP) is 2.53. The molecule has 1 aliphatic heterocycles. The van der Waals surface area contributed by atoms with Crippen molar-refractivity contribution in [1.29, 1.82) is 0 Å². The molecule has 1 fully saturated rings. The molecule has 130 valence electrons. The second-order valence-corrected chi connectivity index (χ2v) is 6.42. The Hall–Kier alpha value is -2.57. The lowest BCUT2D eigenvalue weighted by Gasteiger charge is -2.34. The summed E-state index contributed by atoms with van der Waals surface area (Å²) >= 11 is 0. The summed E-state index contributed by atoms with van der Waals surface area (Å²) in [5.41, 5.74) is 2.08. The zero-order valence-corrected chi connectivity index (χ0v) is 14.1. The van der Waals surface area contributed by atoms with Crippen LogP contribution in [-0.4, -0.2) is 41.0 Å². The molecule has 2 atom stereocenters. The molecule has 7 nitrogen and oxygen atoms in total. The van der Waals surface area contributed by atoms with Crippen molar-refractivity contribution in [1.82, 2.24) is 4.90 Å². The first-order chi connectivity index (χ1) is 11.3. The molecule has 1 saturated heterocycles. The Morgan fingerprint density at radius 2 is 1.92 bits per heavy atom. The number of carboxylic acids is 1. The molecule has 7 heteroatoms. The van der Waals surface area contributed by atoms with Gasteiger partial charge in [0.05, 0.1) is 5.92 Å². The fourth-order valence-corrected chi connectivity index (χ4v) is 2.92. The molecule has 2 unspecified atom stereocenters. The van der Waals surface area contributed by atoms with Crippen molar-refractivity contribution < 1.29 is 19.5 Å². The molecule has 0 saturated carbocycles. The van der Waals surface area contributed by atoms with Crippen LogP contribution >= 0.6 is 0 Å². The molecular weight excluding hydrogens is 310 g/mol. The Morgan fingerprint density at radius 3 is 2.54 bits per heavy atom.